The third-order valence-electron chi connectivity index (χ3n) is 1.46. The fourth-order valence-corrected chi connectivity index (χ4v) is 1.17. The molecular formula is C10H8F2O3S. The first-order chi connectivity index (χ1) is 7.37. The fraction of sp³-hybridized carbons (Fsp3) is 0.200. The molecule has 0 saturated heterocycles. The molecule has 0 N–H and O–H groups in total. The standard InChI is InChI=1S/C10H8F2O3S/c1-16(13,14)7-6-8-2-4-9(5-3-8)15-10(11)12/h2-5,10H,1H3. The van der Waals surface area contributed by atoms with Crippen LogP contribution in [0.4, 0.5) is 8.78 Å². The molecule has 0 atom stereocenters. The van der Waals surface area contributed by atoms with Gasteiger partial charge in [-0.2, -0.15) is 8.78 Å². The Balaban J connectivity index is 2.82. The summed E-state index contributed by atoms with van der Waals surface area (Å²) in [7, 11) is -3.36. The van der Waals surface area contributed by atoms with E-state index in [1.54, 1.807) is 0 Å². The summed E-state index contributed by atoms with van der Waals surface area (Å²) < 4.78 is 49.1. The molecule has 0 aliphatic carbocycles. The predicted octanol–water partition coefficient (Wildman–Crippen LogP) is 1.64. The minimum absolute atomic E-state index is 0.0000874. The van der Waals surface area contributed by atoms with Gasteiger partial charge in [-0.15, -0.1) is 0 Å². The quantitative estimate of drug-likeness (QED) is 0.745. The summed E-state index contributed by atoms with van der Waals surface area (Å²) in [5.74, 6) is 2.38. The number of benzene rings is 1. The number of halogens is 2. The first kappa shape index (κ1) is 12.5. The van der Waals surface area contributed by atoms with Crippen molar-refractivity contribution in [2.75, 3.05) is 6.26 Å². The second kappa shape index (κ2) is 4.94. The summed E-state index contributed by atoms with van der Waals surface area (Å²) in [6.07, 6.45) is 0.980. The van der Waals surface area contributed by atoms with Crippen molar-refractivity contribution in [1.82, 2.24) is 0 Å². The zero-order valence-corrected chi connectivity index (χ0v) is 9.09. The average molecular weight is 246 g/mol. The van der Waals surface area contributed by atoms with Crippen molar-refractivity contribution in [2.24, 2.45) is 0 Å². The van der Waals surface area contributed by atoms with Gasteiger partial charge in [0.05, 0.1) is 6.26 Å². The van der Waals surface area contributed by atoms with Gasteiger partial charge in [-0.25, -0.2) is 8.42 Å². The van der Waals surface area contributed by atoms with Crippen LogP contribution in [0.15, 0.2) is 24.3 Å². The van der Waals surface area contributed by atoms with E-state index in [9.17, 15) is 17.2 Å². The number of hydrogen-bond donors (Lipinski definition) is 0. The van der Waals surface area contributed by atoms with E-state index in [1.807, 2.05) is 5.25 Å². The maximum absolute atomic E-state index is 11.8. The first-order valence-corrected chi connectivity index (χ1v) is 6.03. The molecule has 0 bridgehead atoms. The molecule has 86 valence electrons. The van der Waals surface area contributed by atoms with E-state index in [-0.39, 0.29) is 5.75 Å². The van der Waals surface area contributed by atoms with Crippen molar-refractivity contribution in [1.29, 1.82) is 0 Å². The highest BCUT2D eigenvalue weighted by molar-refractivity contribution is 7.95. The Morgan fingerprint density at radius 2 is 1.81 bits per heavy atom. The van der Waals surface area contributed by atoms with E-state index in [0.717, 1.165) is 6.26 Å². The van der Waals surface area contributed by atoms with E-state index >= 15 is 0 Å². The third kappa shape index (κ3) is 4.75. The van der Waals surface area contributed by atoms with Crippen LogP contribution in [0.1, 0.15) is 5.56 Å². The smallest absolute Gasteiger partial charge is 0.387 e. The van der Waals surface area contributed by atoms with Gasteiger partial charge in [-0.05, 0) is 24.3 Å². The first-order valence-electron chi connectivity index (χ1n) is 4.14. The van der Waals surface area contributed by atoms with Crippen LogP contribution in [0.2, 0.25) is 0 Å². The van der Waals surface area contributed by atoms with Crippen molar-refractivity contribution >= 4 is 9.84 Å². The van der Waals surface area contributed by atoms with Crippen molar-refractivity contribution < 1.29 is 21.9 Å². The molecule has 0 aromatic heterocycles. The highest BCUT2D eigenvalue weighted by atomic mass is 32.2. The van der Waals surface area contributed by atoms with E-state index in [0.29, 0.717) is 5.56 Å². The molecule has 1 aromatic rings. The minimum Gasteiger partial charge on any atom is -0.435 e. The lowest BCUT2D eigenvalue weighted by molar-refractivity contribution is -0.0498. The van der Waals surface area contributed by atoms with Crippen LogP contribution in [-0.2, 0) is 9.84 Å². The number of hydrogen-bond acceptors (Lipinski definition) is 3. The van der Waals surface area contributed by atoms with E-state index < -0.39 is 16.4 Å². The van der Waals surface area contributed by atoms with Gasteiger partial charge in [0.15, 0.2) is 0 Å². The van der Waals surface area contributed by atoms with Crippen LogP contribution < -0.4 is 4.74 Å². The van der Waals surface area contributed by atoms with Gasteiger partial charge >= 0.3 is 6.61 Å². The van der Waals surface area contributed by atoms with Gasteiger partial charge in [0.1, 0.15) is 5.75 Å². The monoisotopic (exact) mass is 246 g/mol. The normalized spacial score (nSPS) is 10.8. The van der Waals surface area contributed by atoms with Gasteiger partial charge < -0.3 is 4.74 Å². The molecule has 0 saturated carbocycles. The summed E-state index contributed by atoms with van der Waals surface area (Å²) in [5, 5.41) is 2.03. The molecule has 0 heterocycles. The number of ether oxygens (including phenoxy) is 1. The Morgan fingerprint density at radius 3 is 2.25 bits per heavy atom. The van der Waals surface area contributed by atoms with E-state index in [4.69, 9.17) is 0 Å². The van der Waals surface area contributed by atoms with Crippen molar-refractivity contribution in [2.45, 2.75) is 6.61 Å². The molecule has 1 aromatic carbocycles. The molecule has 0 aliphatic heterocycles. The summed E-state index contributed by atoms with van der Waals surface area (Å²) >= 11 is 0. The molecule has 0 amide bonds. The highest BCUT2D eigenvalue weighted by Gasteiger charge is 2.02. The van der Waals surface area contributed by atoms with Crippen molar-refractivity contribution in [3.63, 3.8) is 0 Å². The second-order valence-corrected chi connectivity index (χ2v) is 4.65. The van der Waals surface area contributed by atoms with Crippen LogP contribution >= 0.6 is 0 Å². The maximum atomic E-state index is 11.8. The Kier molecular flexibility index (Phi) is 3.85. The Bertz CT molecular complexity index is 509. The number of rotatable bonds is 2. The molecule has 3 nitrogen and oxygen atoms in total. The molecule has 1 rings (SSSR count). The van der Waals surface area contributed by atoms with Crippen LogP contribution in [0.3, 0.4) is 0 Å². The minimum atomic E-state index is -3.36. The van der Waals surface area contributed by atoms with Gasteiger partial charge in [-0.1, -0.05) is 5.92 Å². The third-order valence-corrected chi connectivity index (χ3v) is 1.93. The molecule has 16 heavy (non-hydrogen) atoms. The number of alkyl halides is 2. The largest absolute Gasteiger partial charge is 0.435 e. The lowest BCUT2D eigenvalue weighted by atomic mass is 10.2. The lowest BCUT2D eigenvalue weighted by Crippen LogP contribution is -2.01. The van der Waals surface area contributed by atoms with Crippen molar-refractivity contribution in [3.05, 3.63) is 29.8 Å². The highest BCUT2D eigenvalue weighted by Crippen LogP contribution is 2.14. The van der Waals surface area contributed by atoms with Crippen LogP contribution in [0.5, 0.6) is 5.75 Å². The van der Waals surface area contributed by atoms with Crippen LogP contribution in [0, 0.1) is 11.2 Å². The SMILES string of the molecule is CS(=O)(=O)C#Cc1ccc(OC(F)F)cc1. The Hall–Kier alpha value is -1.61. The zero-order valence-electron chi connectivity index (χ0n) is 8.28. The molecule has 0 fully saturated rings. The lowest BCUT2D eigenvalue weighted by Gasteiger charge is -2.02. The second-order valence-electron chi connectivity index (χ2n) is 2.90. The van der Waals surface area contributed by atoms with E-state index in [1.165, 1.54) is 24.3 Å². The van der Waals surface area contributed by atoms with Crippen LogP contribution in [-0.4, -0.2) is 21.3 Å². The molecule has 0 radical (unpaired) electrons. The topological polar surface area (TPSA) is 43.4 Å². The summed E-state index contributed by atoms with van der Waals surface area (Å²) in [5.41, 5.74) is 0.409. The van der Waals surface area contributed by atoms with Gasteiger partial charge in [-0.3, -0.25) is 0 Å². The predicted molar refractivity (Wildman–Crippen MR) is 54.8 cm³/mol. The maximum Gasteiger partial charge on any atom is 0.387 e. The number of sulfone groups is 1. The fourth-order valence-electron chi connectivity index (χ4n) is 0.871. The zero-order chi connectivity index (χ0) is 12.2. The summed E-state index contributed by atoms with van der Waals surface area (Å²) in [6, 6.07) is 5.38. The molecule has 0 spiro atoms. The molecule has 0 unspecified atom stereocenters. The Labute approximate surface area is 92.0 Å². The molecular weight excluding hydrogens is 238 g/mol. The molecule has 6 heteroatoms. The van der Waals surface area contributed by atoms with Crippen LogP contribution in [0.25, 0.3) is 0 Å². The van der Waals surface area contributed by atoms with Gasteiger partial charge in [0, 0.05) is 10.8 Å². The van der Waals surface area contributed by atoms with Gasteiger partial charge in [0.2, 0.25) is 9.84 Å². The summed E-state index contributed by atoms with van der Waals surface area (Å²) in [6.45, 7) is -2.88. The average Bonchev–Trinajstić information content (AvgIpc) is 2.14. The molecule has 0 aliphatic rings. The van der Waals surface area contributed by atoms with E-state index in [2.05, 4.69) is 10.7 Å². The van der Waals surface area contributed by atoms with Crippen molar-refractivity contribution in [3.8, 4) is 16.9 Å². The Morgan fingerprint density at radius 1 is 1.25 bits per heavy atom. The van der Waals surface area contributed by atoms with Gasteiger partial charge in [0.25, 0.3) is 0 Å². The summed E-state index contributed by atoms with van der Waals surface area (Å²) in [4.78, 5) is 0.